The highest BCUT2D eigenvalue weighted by atomic mass is 15.0. The summed E-state index contributed by atoms with van der Waals surface area (Å²) in [5.74, 6) is 0. The molecular weight excluding hydrogens is 138 g/mol. The molecule has 0 amide bonds. The van der Waals surface area contributed by atoms with Gasteiger partial charge in [0.1, 0.15) is 6.34 Å². The maximum atomic E-state index is 3.99. The smallest absolute Gasteiger partial charge is 0.109 e. The third-order valence-electron chi connectivity index (χ3n) is 1.14. The molecule has 0 rings (SSSR count). The number of aliphatic imine (C=N–C) groups is 2. The molecule has 0 saturated heterocycles. The van der Waals surface area contributed by atoms with Crippen molar-refractivity contribution in [2.75, 3.05) is 27.2 Å². The first-order valence-electron chi connectivity index (χ1n) is 3.92. The van der Waals surface area contributed by atoms with Crippen LogP contribution in [0.3, 0.4) is 0 Å². The molecule has 0 saturated carbocycles. The van der Waals surface area contributed by atoms with E-state index in [0.29, 0.717) is 0 Å². The summed E-state index contributed by atoms with van der Waals surface area (Å²) in [5.41, 5.74) is 0. The highest BCUT2D eigenvalue weighted by molar-refractivity contribution is 5.72. The van der Waals surface area contributed by atoms with E-state index in [2.05, 4.69) is 14.9 Å². The summed E-state index contributed by atoms with van der Waals surface area (Å²) < 4.78 is 0. The predicted molar refractivity (Wildman–Crippen MR) is 50.7 cm³/mol. The molecule has 0 bridgehead atoms. The number of hydrogen-bond acceptors (Lipinski definition) is 2. The van der Waals surface area contributed by atoms with Gasteiger partial charge < -0.3 is 4.90 Å². The summed E-state index contributed by atoms with van der Waals surface area (Å²) in [7, 11) is 4.10. The van der Waals surface area contributed by atoms with Crippen molar-refractivity contribution in [3.8, 4) is 0 Å². The van der Waals surface area contributed by atoms with E-state index in [1.165, 1.54) is 0 Å². The molecule has 0 spiro atoms. The zero-order valence-corrected chi connectivity index (χ0v) is 7.62. The Hall–Kier alpha value is -0.700. The molecule has 0 aromatic carbocycles. The largest absolute Gasteiger partial charge is 0.309 e. The SMILES string of the molecule is CCN=CN=CCCN(C)C. The summed E-state index contributed by atoms with van der Waals surface area (Å²) in [6.45, 7) is 3.85. The van der Waals surface area contributed by atoms with Crippen molar-refractivity contribution in [1.82, 2.24) is 4.90 Å². The standard InChI is InChI=1S/C8H17N3/c1-4-9-8-10-6-5-7-11(2)3/h6,8H,4-5,7H2,1-3H3. The van der Waals surface area contributed by atoms with Crippen molar-refractivity contribution in [2.45, 2.75) is 13.3 Å². The molecule has 64 valence electrons. The number of nitrogens with zero attached hydrogens (tertiary/aromatic N) is 3. The van der Waals surface area contributed by atoms with E-state index in [9.17, 15) is 0 Å². The van der Waals surface area contributed by atoms with Crippen LogP contribution in [0.2, 0.25) is 0 Å². The molecule has 3 heteroatoms. The molecule has 0 fully saturated rings. The number of rotatable bonds is 5. The Kier molecular flexibility index (Phi) is 6.94. The summed E-state index contributed by atoms with van der Waals surface area (Å²) in [5, 5.41) is 0. The first-order valence-corrected chi connectivity index (χ1v) is 3.92. The third kappa shape index (κ3) is 9.30. The maximum Gasteiger partial charge on any atom is 0.109 e. The molecule has 0 N–H and O–H groups in total. The summed E-state index contributed by atoms with van der Waals surface area (Å²) in [4.78, 5) is 10.1. The first kappa shape index (κ1) is 10.3. The van der Waals surface area contributed by atoms with Crippen molar-refractivity contribution >= 4 is 12.6 Å². The van der Waals surface area contributed by atoms with E-state index >= 15 is 0 Å². The summed E-state index contributed by atoms with van der Waals surface area (Å²) >= 11 is 0. The minimum atomic E-state index is 0.811. The minimum absolute atomic E-state index is 0.811. The highest BCUT2D eigenvalue weighted by Crippen LogP contribution is 1.78. The van der Waals surface area contributed by atoms with Crippen molar-refractivity contribution in [1.29, 1.82) is 0 Å². The van der Waals surface area contributed by atoms with Crippen LogP contribution in [0.25, 0.3) is 0 Å². The van der Waals surface area contributed by atoms with Crippen molar-refractivity contribution in [3.05, 3.63) is 0 Å². The Morgan fingerprint density at radius 1 is 1.36 bits per heavy atom. The molecular formula is C8H17N3. The molecule has 0 aliphatic rings. The Balaban J connectivity index is 3.23. The molecule has 0 aliphatic heterocycles. The second kappa shape index (κ2) is 7.41. The van der Waals surface area contributed by atoms with Gasteiger partial charge in [0.25, 0.3) is 0 Å². The van der Waals surface area contributed by atoms with Gasteiger partial charge in [-0.1, -0.05) is 0 Å². The fourth-order valence-corrected chi connectivity index (χ4v) is 0.566. The van der Waals surface area contributed by atoms with Crippen LogP contribution in [0.1, 0.15) is 13.3 Å². The van der Waals surface area contributed by atoms with Crippen LogP contribution in [0.15, 0.2) is 9.98 Å². The number of hydrogen-bond donors (Lipinski definition) is 0. The predicted octanol–water partition coefficient (Wildman–Crippen LogP) is 1.06. The highest BCUT2D eigenvalue weighted by Gasteiger charge is 1.83. The van der Waals surface area contributed by atoms with Crippen LogP contribution in [0.4, 0.5) is 0 Å². The lowest BCUT2D eigenvalue weighted by molar-refractivity contribution is 0.423. The van der Waals surface area contributed by atoms with Crippen LogP contribution < -0.4 is 0 Å². The first-order chi connectivity index (χ1) is 5.27. The minimum Gasteiger partial charge on any atom is -0.309 e. The molecule has 0 atom stereocenters. The van der Waals surface area contributed by atoms with Crippen LogP contribution >= 0.6 is 0 Å². The van der Waals surface area contributed by atoms with Gasteiger partial charge in [0, 0.05) is 19.3 Å². The quantitative estimate of drug-likeness (QED) is 0.431. The van der Waals surface area contributed by atoms with E-state index < -0.39 is 0 Å². The van der Waals surface area contributed by atoms with Crippen molar-refractivity contribution < 1.29 is 0 Å². The summed E-state index contributed by atoms with van der Waals surface area (Å²) in [6.07, 6.45) is 4.48. The zero-order valence-electron chi connectivity index (χ0n) is 7.62. The van der Waals surface area contributed by atoms with E-state index in [1.807, 2.05) is 27.2 Å². The van der Waals surface area contributed by atoms with E-state index in [-0.39, 0.29) is 0 Å². The van der Waals surface area contributed by atoms with Crippen LogP contribution in [0, 0.1) is 0 Å². The Labute approximate surface area is 68.8 Å². The average molecular weight is 155 g/mol. The topological polar surface area (TPSA) is 28.0 Å². The van der Waals surface area contributed by atoms with Gasteiger partial charge in [-0.15, -0.1) is 0 Å². The Bertz CT molecular complexity index is 127. The van der Waals surface area contributed by atoms with E-state index in [4.69, 9.17) is 0 Å². The fraction of sp³-hybridized carbons (Fsp3) is 0.750. The molecule has 0 aromatic rings. The summed E-state index contributed by atoms with van der Waals surface area (Å²) in [6, 6.07) is 0. The second-order valence-corrected chi connectivity index (χ2v) is 2.54. The molecule has 0 aromatic heterocycles. The third-order valence-corrected chi connectivity index (χ3v) is 1.14. The van der Waals surface area contributed by atoms with Crippen molar-refractivity contribution in [3.63, 3.8) is 0 Å². The van der Waals surface area contributed by atoms with Gasteiger partial charge in [-0.05, 0) is 27.4 Å². The zero-order chi connectivity index (χ0) is 8.53. The lowest BCUT2D eigenvalue weighted by Gasteiger charge is -2.04. The van der Waals surface area contributed by atoms with Crippen LogP contribution in [-0.2, 0) is 0 Å². The molecule has 0 aliphatic carbocycles. The lowest BCUT2D eigenvalue weighted by Crippen LogP contribution is -2.12. The Morgan fingerprint density at radius 3 is 2.64 bits per heavy atom. The van der Waals surface area contributed by atoms with Gasteiger partial charge in [0.15, 0.2) is 0 Å². The van der Waals surface area contributed by atoms with Crippen LogP contribution in [0.5, 0.6) is 0 Å². The Morgan fingerprint density at radius 2 is 2.09 bits per heavy atom. The van der Waals surface area contributed by atoms with Gasteiger partial charge in [-0.3, -0.25) is 4.99 Å². The molecule has 0 heterocycles. The van der Waals surface area contributed by atoms with Gasteiger partial charge in [-0.2, -0.15) is 0 Å². The second-order valence-electron chi connectivity index (χ2n) is 2.54. The van der Waals surface area contributed by atoms with Crippen LogP contribution in [-0.4, -0.2) is 44.6 Å². The van der Waals surface area contributed by atoms with Crippen molar-refractivity contribution in [2.24, 2.45) is 9.98 Å². The molecule has 3 nitrogen and oxygen atoms in total. The average Bonchev–Trinajstić information content (AvgIpc) is 1.96. The molecule has 11 heavy (non-hydrogen) atoms. The normalized spacial score (nSPS) is 12.4. The van der Waals surface area contributed by atoms with E-state index in [0.717, 1.165) is 19.5 Å². The fourth-order valence-electron chi connectivity index (χ4n) is 0.566. The van der Waals surface area contributed by atoms with Gasteiger partial charge in [0.2, 0.25) is 0 Å². The lowest BCUT2D eigenvalue weighted by atomic mass is 10.4. The van der Waals surface area contributed by atoms with Gasteiger partial charge in [-0.25, -0.2) is 4.99 Å². The van der Waals surface area contributed by atoms with Gasteiger partial charge >= 0.3 is 0 Å². The molecule has 0 unspecified atom stereocenters. The molecule has 0 radical (unpaired) electrons. The maximum absolute atomic E-state index is 3.99. The van der Waals surface area contributed by atoms with E-state index in [1.54, 1.807) is 6.34 Å². The van der Waals surface area contributed by atoms with Gasteiger partial charge in [0.05, 0.1) is 0 Å². The monoisotopic (exact) mass is 155 g/mol.